The maximum absolute atomic E-state index is 10.7. The van der Waals surface area contributed by atoms with Crippen LogP contribution in [0.25, 0.3) is 0 Å². The fourth-order valence-corrected chi connectivity index (χ4v) is 0.997. The van der Waals surface area contributed by atoms with Gasteiger partial charge in [0.2, 0.25) is 11.8 Å². The molecular weight excluding hydrogens is 184 g/mol. The number of hydrogen-bond donors (Lipinski definition) is 4. The molecule has 5 N–H and O–H groups in total. The van der Waals surface area contributed by atoms with Crippen LogP contribution in [0.15, 0.2) is 11.6 Å². The van der Waals surface area contributed by atoms with Crippen LogP contribution in [-0.4, -0.2) is 28.1 Å². The number of aliphatic hydroxyl groups is 2. The standard InChI is InChI=1S/C9H18N2O3/c1-4-7(11-9(3,13)14)5-6(2)8(10)12/h5,7,11,13-14H,4H2,1-3H3,(H2,10,12)/b6-5+. The summed E-state index contributed by atoms with van der Waals surface area (Å²) in [6, 6.07) is -0.289. The number of carbonyl (C=O) groups excluding carboxylic acids is 1. The molecule has 0 aromatic carbocycles. The Hall–Kier alpha value is -0.910. The van der Waals surface area contributed by atoms with E-state index in [2.05, 4.69) is 5.32 Å². The van der Waals surface area contributed by atoms with E-state index in [0.29, 0.717) is 12.0 Å². The molecule has 0 aliphatic heterocycles. The van der Waals surface area contributed by atoms with Crippen molar-refractivity contribution in [2.45, 2.75) is 39.1 Å². The average Bonchev–Trinajstić information content (AvgIpc) is 2.00. The van der Waals surface area contributed by atoms with Gasteiger partial charge >= 0.3 is 0 Å². The normalized spacial score (nSPS) is 15.4. The molecule has 0 radical (unpaired) electrons. The highest BCUT2D eigenvalue weighted by atomic mass is 16.5. The van der Waals surface area contributed by atoms with Gasteiger partial charge in [-0.15, -0.1) is 0 Å². The molecular formula is C9H18N2O3. The summed E-state index contributed by atoms with van der Waals surface area (Å²) in [7, 11) is 0. The Kier molecular flexibility index (Phi) is 4.76. The van der Waals surface area contributed by atoms with E-state index < -0.39 is 11.8 Å². The Morgan fingerprint density at radius 3 is 2.43 bits per heavy atom. The average molecular weight is 202 g/mol. The maximum atomic E-state index is 10.7. The van der Waals surface area contributed by atoms with E-state index in [4.69, 9.17) is 15.9 Å². The van der Waals surface area contributed by atoms with Gasteiger partial charge in [0.05, 0.1) is 0 Å². The molecule has 0 heterocycles. The number of hydrogen-bond acceptors (Lipinski definition) is 4. The lowest BCUT2D eigenvalue weighted by Crippen LogP contribution is -2.47. The highest BCUT2D eigenvalue weighted by Crippen LogP contribution is 2.03. The fraction of sp³-hybridized carbons (Fsp3) is 0.667. The van der Waals surface area contributed by atoms with Crippen molar-refractivity contribution in [1.29, 1.82) is 0 Å². The molecule has 1 atom stereocenters. The van der Waals surface area contributed by atoms with Gasteiger partial charge in [-0.1, -0.05) is 13.0 Å². The Bertz CT molecular complexity index is 231. The molecule has 0 spiro atoms. The number of amides is 1. The summed E-state index contributed by atoms with van der Waals surface area (Å²) in [5.74, 6) is -2.46. The smallest absolute Gasteiger partial charge is 0.244 e. The van der Waals surface area contributed by atoms with Crippen molar-refractivity contribution >= 4 is 5.91 Å². The number of carbonyl (C=O) groups is 1. The predicted octanol–water partition coefficient (Wildman–Crippen LogP) is -0.555. The number of nitrogens with one attached hydrogen (secondary N) is 1. The first-order valence-corrected chi connectivity index (χ1v) is 4.47. The summed E-state index contributed by atoms with van der Waals surface area (Å²) in [5.41, 5.74) is 5.44. The fourth-order valence-electron chi connectivity index (χ4n) is 0.997. The molecule has 0 aliphatic rings. The van der Waals surface area contributed by atoms with Crippen molar-refractivity contribution in [1.82, 2.24) is 5.32 Å². The lowest BCUT2D eigenvalue weighted by Gasteiger charge is -2.23. The molecule has 0 saturated heterocycles. The van der Waals surface area contributed by atoms with E-state index in [1.54, 1.807) is 13.0 Å². The summed E-state index contributed by atoms with van der Waals surface area (Å²) < 4.78 is 0. The minimum absolute atomic E-state index is 0.289. The molecule has 14 heavy (non-hydrogen) atoms. The second-order valence-corrected chi connectivity index (χ2v) is 3.39. The zero-order valence-electron chi connectivity index (χ0n) is 8.74. The van der Waals surface area contributed by atoms with Crippen LogP contribution < -0.4 is 11.1 Å². The van der Waals surface area contributed by atoms with Crippen molar-refractivity contribution in [2.75, 3.05) is 0 Å². The Morgan fingerprint density at radius 2 is 2.14 bits per heavy atom. The first-order valence-electron chi connectivity index (χ1n) is 4.47. The monoisotopic (exact) mass is 202 g/mol. The molecule has 0 bridgehead atoms. The third-order valence-electron chi connectivity index (χ3n) is 1.74. The van der Waals surface area contributed by atoms with Gasteiger partial charge in [0.1, 0.15) is 0 Å². The third kappa shape index (κ3) is 5.69. The van der Waals surface area contributed by atoms with Crippen LogP contribution in [0.1, 0.15) is 27.2 Å². The molecule has 5 heteroatoms. The quantitative estimate of drug-likeness (QED) is 0.355. The van der Waals surface area contributed by atoms with Gasteiger partial charge in [-0.25, -0.2) is 0 Å². The van der Waals surface area contributed by atoms with E-state index in [0.717, 1.165) is 0 Å². The molecule has 5 nitrogen and oxygen atoms in total. The first-order chi connectivity index (χ1) is 6.26. The molecule has 0 aliphatic carbocycles. The molecule has 1 amide bonds. The zero-order chi connectivity index (χ0) is 11.4. The van der Waals surface area contributed by atoms with Gasteiger partial charge in [-0.2, -0.15) is 0 Å². The minimum atomic E-state index is -1.95. The van der Waals surface area contributed by atoms with Crippen molar-refractivity contribution in [3.63, 3.8) is 0 Å². The van der Waals surface area contributed by atoms with Gasteiger partial charge in [-0.3, -0.25) is 10.1 Å². The molecule has 0 saturated carbocycles. The summed E-state index contributed by atoms with van der Waals surface area (Å²) in [6.45, 7) is 4.65. The van der Waals surface area contributed by atoms with Gasteiger partial charge in [0.25, 0.3) is 0 Å². The van der Waals surface area contributed by atoms with E-state index >= 15 is 0 Å². The molecule has 0 aromatic rings. The summed E-state index contributed by atoms with van der Waals surface area (Å²) in [5, 5.41) is 20.7. The zero-order valence-corrected chi connectivity index (χ0v) is 8.74. The molecule has 82 valence electrons. The lowest BCUT2D eigenvalue weighted by molar-refractivity contribution is -0.173. The van der Waals surface area contributed by atoms with Crippen LogP contribution >= 0.6 is 0 Å². The van der Waals surface area contributed by atoms with Crippen LogP contribution in [0.3, 0.4) is 0 Å². The van der Waals surface area contributed by atoms with E-state index in [-0.39, 0.29) is 6.04 Å². The van der Waals surface area contributed by atoms with Gasteiger partial charge in [0, 0.05) is 18.5 Å². The first kappa shape index (κ1) is 13.1. The molecule has 0 fully saturated rings. The Morgan fingerprint density at radius 1 is 1.64 bits per heavy atom. The molecule has 0 rings (SSSR count). The van der Waals surface area contributed by atoms with Crippen molar-refractivity contribution < 1.29 is 15.0 Å². The third-order valence-corrected chi connectivity index (χ3v) is 1.74. The van der Waals surface area contributed by atoms with Crippen LogP contribution in [0.4, 0.5) is 0 Å². The van der Waals surface area contributed by atoms with Crippen LogP contribution in [-0.2, 0) is 4.79 Å². The maximum Gasteiger partial charge on any atom is 0.244 e. The number of nitrogens with two attached hydrogens (primary N) is 1. The second-order valence-electron chi connectivity index (χ2n) is 3.39. The van der Waals surface area contributed by atoms with Gasteiger partial charge < -0.3 is 15.9 Å². The van der Waals surface area contributed by atoms with E-state index in [1.165, 1.54) is 6.92 Å². The lowest BCUT2D eigenvalue weighted by atomic mass is 10.1. The van der Waals surface area contributed by atoms with Crippen LogP contribution in [0.2, 0.25) is 0 Å². The van der Waals surface area contributed by atoms with Gasteiger partial charge in [-0.05, 0) is 13.3 Å². The van der Waals surface area contributed by atoms with Crippen molar-refractivity contribution in [2.24, 2.45) is 5.73 Å². The Labute approximate surface area is 83.6 Å². The Balaban J connectivity index is 4.44. The SMILES string of the molecule is CCC(/C=C(\C)C(N)=O)NC(C)(O)O. The van der Waals surface area contributed by atoms with Crippen LogP contribution in [0, 0.1) is 0 Å². The predicted molar refractivity (Wildman–Crippen MR) is 53.0 cm³/mol. The highest BCUT2D eigenvalue weighted by Gasteiger charge is 2.18. The van der Waals surface area contributed by atoms with Crippen LogP contribution in [0.5, 0.6) is 0 Å². The minimum Gasteiger partial charge on any atom is -0.366 e. The second kappa shape index (κ2) is 5.09. The van der Waals surface area contributed by atoms with Gasteiger partial charge in [0.15, 0.2) is 0 Å². The number of primary amides is 1. The largest absolute Gasteiger partial charge is 0.366 e. The summed E-state index contributed by atoms with van der Waals surface area (Å²) in [6.07, 6.45) is 2.20. The summed E-state index contributed by atoms with van der Waals surface area (Å²) >= 11 is 0. The van der Waals surface area contributed by atoms with Crippen molar-refractivity contribution in [3.8, 4) is 0 Å². The van der Waals surface area contributed by atoms with Crippen molar-refractivity contribution in [3.05, 3.63) is 11.6 Å². The highest BCUT2D eigenvalue weighted by molar-refractivity contribution is 5.91. The van der Waals surface area contributed by atoms with E-state index in [9.17, 15) is 4.79 Å². The number of rotatable bonds is 5. The summed E-state index contributed by atoms with van der Waals surface area (Å²) in [4.78, 5) is 10.7. The molecule has 0 aromatic heterocycles. The topological polar surface area (TPSA) is 95.6 Å². The molecule has 1 unspecified atom stereocenters. The van der Waals surface area contributed by atoms with E-state index in [1.807, 2.05) is 6.92 Å².